The number of hydrogen-bond donors (Lipinski definition) is 8. The quantitative estimate of drug-likeness (QED) is 0.146. The molecule has 3 rings (SSSR count). The van der Waals surface area contributed by atoms with Gasteiger partial charge in [-0.3, -0.25) is 0 Å². The van der Waals surface area contributed by atoms with Gasteiger partial charge in [0.05, 0.1) is 33.5 Å². The minimum Gasteiger partial charge on any atom is -0.493 e. The Kier molecular flexibility index (Phi) is 10.3. The summed E-state index contributed by atoms with van der Waals surface area (Å²) in [4.78, 5) is 0. The van der Waals surface area contributed by atoms with E-state index in [-0.39, 0.29) is 23.7 Å². The molecule has 14 heteroatoms. The van der Waals surface area contributed by atoms with E-state index in [1.165, 1.54) is 14.2 Å². The van der Waals surface area contributed by atoms with Crippen LogP contribution in [0.15, 0.2) is 12.1 Å². The fraction of sp³-hybridized carbons (Fsp3) is 0.739. The third-order valence-electron chi connectivity index (χ3n) is 6.34. The number of benzene rings is 1. The van der Waals surface area contributed by atoms with Gasteiger partial charge in [0.1, 0.15) is 48.8 Å². The van der Waals surface area contributed by atoms with Crippen LogP contribution >= 0.6 is 0 Å². The first-order valence-corrected chi connectivity index (χ1v) is 11.7. The smallest absolute Gasteiger partial charge is 0.229 e. The third kappa shape index (κ3) is 6.43. The summed E-state index contributed by atoms with van der Waals surface area (Å²) < 4.78 is 33.1. The maximum atomic E-state index is 10.3. The molecule has 14 nitrogen and oxygen atoms in total. The van der Waals surface area contributed by atoms with E-state index in [9.17, 15) is 40.9 Å². The maximum Gasteiger partial charge on any atom is 0.229 e. The standard InChI is InChI=1S/C23H36O14/c1-9(34-22-19(30)17(28)15(26)13(7-24)35-22)4-10-5-11(32-2)21(12(6-10)33-3)37-23-20(31)18(29)16(27)14(8-25)36-23/h5-6,9,13-20,22-31H,4,7-8H2,1-3H3/t9-,13+,14+,15+,16+,17-,18-,19+,20+,22+,23-/m0/s1. The molecule has 0 bridgehead atoms. The van der Waals surface area contributed by atoms with Crippen molar-refractivity contribution in [3.63, 3.8) is 0 Å². The summed E-state index contributed by atoms with van der Waals surface area (Å²) in [6, 6.07) is 3.18. The van der Waals surface area contributed by atoms with Crippen molar-refractivity contribution < 1.29 is 69.3 Å². The average Bonchev–Trinajstić information content (AvgIpc) is 2.89. The van der Waals surface area contributed by atoms with Gasteiger partial charge in [0, 0.05) is 0 Å². The van der Waals surface area contributed by atoms with Crippen molar-refractivity contribution >= 4 is 0 Å². The van der Waals surface area contributed by atoms with Crippen molar-refractivity contribution in [1.29, 1.82) is 0 Å². The highest BCUT2D eigenvalue weighted by molar-refractivity contribution is 5.54. The molecule has 11 atom stereocenters. The fourth-order valence-electron chi connectivity index (χ4n) is 4.24. The predicted molar refractivity (Wildman–Crippen MR) is 122 cm³/mol. The number of ether oxygens (including phenoxy) is 6. The molecule has 8 N–H and O–H groups in total. The Hall–Kier alpha value is -1.82. The normalized spacial score (nSPS) is 37.2. The molecule has 0 aliphatic carbocycles. The van der Waals surface area contributed by atoms with Crippen LogP contribution in [0.1, 0.15) is 12.5 Å². The second-order valence-electron chi connectivity index (χ2n) is 8.99. The molecule has 0 saturated carbocycles. The molecule has 1 aromatic carbocycles. The number of rotatable bonds is 10. The van der Waals surface area contributed by atoms with Crippen molar-refractivity contribution in [2.45, 2.75) is 80.9 Å². The molecular formula is C23H36O14. The van der Waals surface area contributed by atoms with Gasteiger partial charge in [0.2, 0.25) is 12.0 Å². The van der Waals surface area contributed by atoms with Crippen LogP contribution < -0.4 is 14.2 Å². The minimum absolute atomic E-state index is 0.0283. The molecule has 0 spiro atoms. The van der Waals surface area contributed by atoms with E-state index in [2.05, 4.69) is 0 Å². The van der Waals surface area contributed by atoms with Gasteiger partial charge in [0.25, 0.3) is 0 Å². The highest BCUT2D eigenvalue weighted by Crippen LogP contribution is 2.41. The molecule has 2 heterocycles. The molecule has 0 radical (unpaired) electrons. The summed E-state index contributed by atoms with van der Waals surface area (Å²) in [6.45, 7) is 0.479. The van der Waals surface area contributed by atoms with Gasteiger partial charge in [-0.2, -0.15) is 0 Å². The summed E-state index contributed by atoms with van der Waals surface area (Å²) in [6.07, 6.45) is -14.8. The van der Waals surface area contributed by atoms with Crippen molar-refractivity contribution in [3.8, 4) is 17.2 Å². The summed E-state index contributed by atoms with van der Waals surface area (Å²) in [7, 11) is 2.74. The van der Waals surface area contributed by atoms with Crippen molar-refractivity contribution in [1.82, 2.24) is 0 Å². The second-order valence-corrected chi connectivity index (χ2v) is 8.99. The van der Waals surface area contributed by atoms with Gasteiger partial charge >= 0.3 is 0 Å². The second kappa shape index (κ2) is 12.8. The average molecular weight is 537 g/mol. The molecule has 2 aliphatic rings. The Morgan fingerprint density at radius 2 is 1.19 bits per heavy atom. The first-order chi connectivity index (χ1) is 17.6. The third-order valence-corrected chi connectivity index (χ3v) is 6.34. The van der Waals surface area contributed by atoms with Crippen LogP contribution in [0.4, 0.5) is 0 Å². The van der Waals surface area contributed by atoms with E-state index in [0.29, 0.717) is 5.56 Å². The molecular weight excluding hydrogens is 500 g/mol. The van der Waals surface area contributed by atoms with Crippen molar-refractivity contribution in [2.24, 2.45) is 0 Å². The van der Waals surface area contributed by atoms with E-state index < -0.39 is 80.7 Å². The van der Waals surface area contributed by atoms with E-state index in [1.54, 1.807) is 19.1 Å². The lowest BCUT2D eigenvalue weighted by molar-refractivity contribution is -0.309. The number of aliphatic hydroxyl groups excluding tert-OH is 8. The zero-order chi connectivity index (χ0) is 27.4. The summed E-state index contributed by atoms with van der Waals surface area (Å²) in [5, 5.41) is 79.2. The Bertz CT molecular complexity index is 841. The molecule has 0 unspecified atom stereocenters. The van der Waals surface area contributed by atoms with Gasteiger partial charge < -0.3 is 69.3 Å². The first-order valence-electron chi connectivity index (χ1n) is 11.7. The van der Waals surface area contributed by atoms with Gasteiger partial charge in [-0.25, -0.2) is 0 Å². The van der Waals surface area contributed by atoms with Gasteiger partial charge in [-0.1, -0.05) is 0 Å². The van der Waals surface area contributed by atoms with Gasteiger partial charge in [-0.05, 0) is 31.0 Å². The van der Waals surface area contributed by atoms with Crippen LogP contribution in [0.3, 0.4) is 0 Å². The van der Waals surface area contributed by atoms with Crippen LogP contribution in [0.25, 0.3) is 0 Å². The number of methoxy groups -OCH3 is 2. The monoisotopic (exact) mass is 536 g/mol. The van der Waals surface area contributed by atoms with Gasteiger partial charge in [-0.15, -0.1) is 0 Å². The SMILES string of the molecule is COc1cc(C[C@H](C)O[C@@H]2O[C@H](CO)[C@@H](O)[C@H](O)[C@H]2O)cc(OC)c1O[C@@H]1O[C@H](CO)[C@@H](O)[C@H](O)[C@H]1O. The van der Waals surface area contributed by atoms with E-state index >= 15 is 0 Å². The predicted octanol–water partition coefficient (Wildman–Crippen LogP) is -3.37. The molecule has 2 aliphatic heterocycles. The Morgan fingerprint density at radius 3 is 1.65 bits per heavy atom. The highest BCUT2D eigenvalue weighted by Gasteiger charge is 2.46. The Labute approximate surface area is 213 Å². The molecule has 1 aromatic rings. The van der Waals surface area contributed by atoms with E-state index in [1.807, 2.05) is 0 Å². The summed E-state index contributed by atoms with van der Waals surface area (Å²) in [5.41, 5.74) is 0.631. The zero-order valence-electron chi connectivity index (χ0n) is 20.7. The lowest BCUT2D eigenvalue weighted by Crippen LogP contribution is -2.60. The van der Waals surface area contributed by atoms with Crippen LogP contribution in [0.5, 0.6) is 17.2 Å². The maximum absolute atomic E-state index is 10.3. The lowest BCUT2D eigenvalue weighted by atomic mass is 9.99. The Morgan fingerprint density at radius 1 is 0.730 bits per heavy atom. The van der Waals surface area contributed by atoms with Crippen LogP contribution in [0, 0.1) is 0 Å². The van der Waals surface area contributed by atoms with Crippen molar-refractivity contribution in [3.05, 3.63) is 17.7 Å². The topological polar surface area (TPSA) is 217 Å². The summed E-state index contributed by atoms with van der Waals surface area (Å²) >= 11 is 0. The van der Waals surface area contributed by atoms with Crippen LogP contribution in [-0.2, 0) is 20.6 Å². The highest BCUT2D eigenvalue weighted by atomic mass is 16.7. The molecule has 2 fully saturated rings. The van der Waals surface area contributed by atoms with Crippen LogP contribution in [0.2, 0.25) is 0 Å². The first kappa shape index (κ1) is 29.7. The van der Waals surface area contributed by atoms with Crippen LogP contribution in [-0.4, -0.2) is 136 Å². The molecule has 212 valence electrons. The van der Waals surface area contributed by atoms with Crippen molar-refractivity contribution in [2.75, 3.05) is 27.4 Å². The molecule has 37 heavy (non-hydrogen) atoms. The molecule has 2 saturated heterocycles. The number of hydrogen-bond acceptors (Lipinski definition) is 14. The molecule has 0 amide bonds. The largest absolute Gasteiger partial charge is 0.493 e. The van der Waals surface area contributed by atoms with Gasteiger partial charge in [0.15, 0.2) is 17.8 Å². The number of aliphatic hydroxyl groups is 8. The minimum atomic E-state index is -1.64. The Balaban J connectivity index is 1.75. The fourth-order valence-corrected chi connectivity index (χ4v) is 4.24. The van der Waals surface area contributed by atoms with E-state index in [4.69, 9.17) is 28.4 Å². The summed E-state index contributed by atoms with van der Waals surface area (Å²) in [5.74, 6) is 0.373. The van der Waals surface area contributed by atoms with E-state index in [0.717, 1.165) is 0 Å². The zero-order valence-corrected chi connectivity index (χ0v) is 20.7. The lowest BCUT2D eigenvalue weighted by Gasteiger charge is -2.40. The molecule has 0 aromatic heterocycles.